The smallest absolute Gasteiger partial charge is 0.407 e. The topological polar surface area (TPSA) is 163 Å². The highest BCUT2D eigenvalue weighted by atomic mass is 16.4. The Morgan fingerprint density at radius 1 is 1.41 bits per heavy atom. The summed E-state index contributed by atoms with van der Waals surface area (Å²) in [6.45, 7) is 0.550. The Morgan fingerprint density at radius 3 is 2.70 bits per heavy atom. The molecule has 2 aromatic rings. The monoisotopic (exact) mass is 370 g/mol. The minimum absolute atomic E-state index is 0.132. The Kier molecular flexibility index (Phi) is 4.89. The zero-order valence-corrected chi connectivity index (χ0v) is 14.4. The number of hydrogen-bond donors (Lipinski definition) is 3. The van der Waals surface area contributed by atoms with Crippen molar-refractivity contribution in [1.29, 1.82) is 5.26 Å². The fraction of sp³-hybridized carbons (Fsp3) is 0.375. The molecule has 11 heteroatoms. The first-order valence-electron chi connectivity index (χ1n) is 8.23. The van der Waals surface area contributed by atoms with Gasteiger partial charge in [0.2, 0.25) is 0 Å². The fourth-order valence-corrected chi connectivity index (χ4v) is 3.12. The quantitative estimate of drug-likeness (QED) is 0.698. The number of anilines is 2. The van der Waals surface area contributed by atoms with E-state index in [1.54, 1.807) is 10.7 Å². The lowest BCUT2D eigenvalue weighted by Gasteiger charge is -2.39. The van der Waals surface area contributed by atoms with Gasteiger partial charge in [-0.3, -0.25) is 9.48 Å². The van der Waals surface area contributed by atoms with E-state index in [0.717, 1.165) is 0 Å². The van der Waals surface area contributed by atoms with Gasteiger partial charge in [-0.1, -0.05) is 0 Å². The molecule has 3 rings (SSSR count). The summed E-state index contributed by atoms with van der Waals surface area (Å²) in [5.41, 5.74) is 4.92. The van der Waals surface area contributed by atoms with E-state index >= 15 is 0 Å². The van der Waals surface area contributed by atoms with Crippen LogP contribution in [0.5, 0.6) is 0 Å². The number of carboxylic acid groups (broad SMARTS) is 1. The van der Waals surface area contributed by atoms with Crippen LogP contribution in [0.4, 0.5) is 16.4 Å². The summed E-state index contributed by atoms with van der Waals surface area (Å²) < 4.78 is 1.55. The molecule has 0 saturated carbocycles. The van der Waals surface area contributed by atoms with Crippen LogP contribution in [0.15, 0.2) is 24.8 Å². The van der Waals surface area contributed by atoms with Gasteiger partial charge in [-0.05, 0) is 18.9 Å². The lowest BCUT2D eigenvalue weighted by Crippen LogP contribution is -2.47. The van der Waals surface area contributed by atoms with Gasteiger partial charge >= 0.3 is 6.09 Å². The minimum atomic E-state index is -0.995. The van der Waals surface area contributed by atoms with E-state index in [1.165, 1.54) is 23.6 Å². The molecule has 1 aliphatic heterocycles. The average molecular weight is 370 g/mol. The van der Waals surface area contributed by atoms with Crippen molar-refractivity contribution in [2.24, 2.45) is 5.73 Å². The summed E-state index contributed by atoms with van der Waals surface area (Å²) in [6, 6.07) is 3.76. The van der Waals surface area contributed by atoms with Gasteiger partial charge < -0.3 is 21.1 Å². The number of nitrogens with zero attached hydrogens (tertiary/aromatic N) is 6. The molecule has 4 N–H and O–H groups in total. The summed E-state index contributed by atoms with van der Waals surface area (Å²) in [4.78, 5) is 32.2. The van der Waals surface area contributed by atoms with Crippen molar-refractivity contribution in [3.05, 3.63) is 30.4 Å². The Balaban J connectivity index is 1.94. The highest BCUT2D eigenvalue weighted by molar-refractivity contribution is 5.98. The van der Waals surface area contributed by atoms with Gasteiger partial charge in [-0.2, -0.15) is 10.4 Å². The largest absolute Gasteiger partial charge is 0.465 e. The molecule has 27 heavy (non-hydrogen) atoms. The van der Waals surface area contributed by atoms with Crippen molar-refractivity contribution < 1.29 is 14.7 Å². The highest BCUT2D eigenvalue weighted by Crippen LogP contribution is 2.34. The predicted molar refractivity (Wildman–Crippen MR) is 93.1 cm³/mol. The molecule has 0 aromatic carbocycles. The van der Waals surface area contributed by atoms with E-state index in [0.29, 0.717) is 18.7 Å². The molecule has 2 amide bonds. The number of piperidine rings is 1. The lowest BCUT2D eigenvalue weighted by atomic mass is 9.85. The van der Waals surface area contributed by atoms with Crippen molar-refractivity contribution in [2.45, 2.75) is 24.8 Å². The number of hydrogen-bond acceptors (Lipinski definition) is 7. The summed E-state index contributed by atoms with van der Waals surface area (Å²) in [5.74, 6) is -0.0140. The molecule has 3 heterocycles. The van der Waals surface area contributed by atoms with Crippen LogP contribution in [0.25, 0.3) is 0 Å². The maximum atomic E-state index is 11.9. The zero-order valence-electron chi connectivity index (χ0n) is 14.4. The second-order valence-electron chi connectivity index (χ2n) is 6.25. The number of nitrogens with one attached hydrogen (secondary N) is 1. The first-order chi connectivity index (χ1) is 12.9. The van der Waals surface area contributed by atoms with Crippen molar-refractivity contribution >= 4 is 23.6 Å². The number of aromatic nitrogens is 4. The molecular formula is C16H18N8O3. The third-order valence-corrected chi connectivity index (χ3v) is 4.67. The molecule has 2 aromatic heterocycles. The molecule has 140 valence electrons. The van der Waals surface area contributed by atoms with Crippen molar-refractivity contribution in [3.63, 3.8) is 0 Å². The lowest BCUT2D eigenvalue weighted by molar-refractivity contribution is 0.0888. The Hall–Kier alpha value is -3.68. The molecular weight excluding hydrogens is 352 g/mol. The van der Waals surface area contributed by atoms with Crippen LogP contribution in [0.3, 0.4) is 0 Å². The normalized spacial score (nSPS) is 15.7. The standard InChI is InChI=1S/C16H18N8O3/c17-5-2-16(3-7-23(8-4-16)15(26)27)24-9-11(13(18)25)14(22-24)21-12-1-6-19-10-20-12/h1,6,9-10H,2-4,7-8H2,(H2,18,25)(H,26,27)(H,19,20,21,22). The number of carbonyl (C=O) groups excluding carboxylic acids is 1. The third kappa shape index (κ3) is 3.64. The van der Waals surface area contributed by atoms with Crippen LogP contribution in [0.1, 0.15) is 29.6 Å². The zero-order chi connectivity index (χ0) is 19.4. The molecule has 1 saturated heterocycles. The molecule has 0 spiro atoms. The number of nitrogens with two attached hydrogens (primary N) is 1. The third-order valence-electron chi connectivity index (χ3n) is 4.67. The van der Waals surface area contributed by atoms with Gasteiger partial charge in [0.15, 0.2) is 5.82 Å². The summed E-state index contributed by atoms with van der Waals surface area (Å²) in [7, 11) is 0. The minimum Gasteiger partial charge on any atom is -0.465 e. The molecule has 0 aliphatic carbocycles. The Bertz CT molecular complexity index is 881. The van der Waals surface area contributed by atoms with Crippen LogP contribution < -0.4 is 11.1 Å². The van der Waals surface area contributed by atoms with E-state index in [-0.39, 0.29) is 30.9 Å². The molecule has 11 nitrogen and oxygen atoms in total. The molecule has 1 aliphatic rings. The number of carbonyl (C=O) groups is 2. The maximum Gasteiger partial charge on any atom is 0.407 e. The van der Waals surface area contributed by atoms with Gasteiger partial charge in [0, 0.05) is 25.5 Å². The van der Waals surface area contributed by atoms with Gasteiger partial charge in [0.25, 0.3) is 5.91 Å². The summed E-state index contributed by atoms with van der Waals surface area (Å²) >= 11 is 0. The maximum absolute atomic E-state index is 11.9. The van der Waals surface area contributed by atoms with Crippen LogP contribution in [0.2, 0.25) is 0 Å². The summed E-state index contributed by atoms with van der Waals surface area (Å²) in [5, 5.41) is 25.8. The van der Waals surface area contributed by atoms with Gasteiger partial charge in [-0.15, -0.1) is 0 Å². The van der Waals surface area contributed by atoms with Crippen molar-refractivity contribution in [1.82, 2.24) is 24.6 Å². The Morgan fingerprint density at radius 2 is 2.15 bits per heavy atom. The van der Waals surface area contributed by atoms with Gasteiger partial charge in [0.1, 0.15) is 17.7 Å². The van der Waals surface area contributed by atoms with E-state index in [1.807, 2.05) is 0 Å². The highest BCUT2D eigenvalue weighted by Gasteiger charge is 2.39. The number of likely N-dealkylation sites (tertiary alicyclic amines) is 1. The van der Waals surface area contributed by atoms with E-state index < -0.39 is 17.5 Å². The molecule has 0 bridgehead atoms. The van der Waals surface area contributed by atoms with Gasteiger partial charge in [-0.25, -0.2) is 14.8 Å². The van der Waals surface area contributed by atoms with Gasteiger partial charge in [0.05, 0.1) is 18.0 Å². The van der Waals surface area contributed by atoms with E-state index in [9.17, 15) is 14.9 Å². The first kappa shape index (κ1) is 18.1. The van der Waals surface area contributed by atoms with Crippen LogP contribution >= 0.6 is 0 Å². The van der Waals surface area contributed by atoms with E-state index in [2.05, 4.69) is 26.5 Å². The molecule has 0 atom stereocenters. The van der Waals surface area contributed by atoms with Crippen molar-refractivity contribution in [3.8, 4) is 6.07 Å². The molecule has 1 fully saturated rings. The predicted octanol–water partition coefficient (Wildman–Crippen LogP) is 0.898. The SMILES string of the molecule is N#CCC1(n2cc(C(N)=O)c(Nc3ccncn3)n2)CCN(C(=O)O)CC1. The van der Waals surface area contributed by atoms with Crippen LogP contribution in [-0.4, -0.2) is 54.8 Å². The van der Waals surface area contributed by atoms with E-state index in [4.69, 9.17) is 10.8 Å². The number of amides is 2. The number of nitriles is 1. The number of rotatable bonds is 5. The fourth-order valence-electron chi connectivity index (χ4n) is 3.12. The second-order valence-corrected chi connectivity index (χ2v) is 6.25. The van der Waals surface area contributed by atoms with Crippen LogP contribution in [0, 0.1) is 11.3 Å². The van der Waals surface area contributed by atoms with Crippen molar-refractivity contribution in [2.75, 3.05) is 18.4 Å². The molecule has 0 unspecified atom stereocenters. The Labute approximate surface area is 154 Å². The second kappa shape index (κ2) is 7.28. The molecule has 0 radical (unpaired) electrons. The number of primary amides is 1. The van der Waals surface area contributed by atoms with Crippen LogP contribution in [-0.2, 0) is 5.54 Å². The average Bonchev–Trinajstić information content (AvgIpc) is 3.08. The first-order valence-corrected chi connectivity index (χ1v) is 8.23. The summed E-state index contributed by atoms with van der Waals surface area (Å²) in [6.07, 6.45) is 4.33.